The van der Waals surface area contributed by atoms with Crippen molar-refractivity contribution in [3.05, 3.63) is 65.2 Å². The standard InChI is InChI=1S/C25H30N2O3/c1-18-10-4-7-13-21(18)26-23(28)22-19-11-5-6-12-20(19)24(29)27(16-17-30-2)25(22)14-8-3-9-15-25/h4-7,10-13,22H,3,8-9,14-17H2,1-2H3,(H,26,28). The lowest BCUT2D eigenvalue weighted by Gasteiger charge is -2.53. The number of nitrogens with zero attached hydrogens (tertiary/aromatic N) is 1. The molecule has 1 fully saturated rings. The van der Waals surface area contributed by atoms with Crippen LogP contribution in [0.4, 0.5) is 5.69 Å². The van der Waals surface area contributed by atoms with Crippen molar-refractivity contribution in [3.8, 4) is 0 Å². The first-order valence-corrected chi connectivity index (χ1v) is 10.8. The number of fused-ring (bicyclic) bond motifs is 1. The summed E-state index contributed by atoms with van der Waals surface area (Å²) in [5, 5.41) is 3.18. The number of rotatable bonds is 5. The number of nitrogens with one attached hydrogen (secondary N) is 1. The molecule has 2 aliphatic rings. The van der Waals surface area contributed by atoms with Gasteiger partial charge in [0.25, 0.3) is 5.91 Å². The van der Waals surface area contributed by atoms with Crippen LogP contribution < -0.4 is 5.32 Å². The Labute approximate surface area is 178 Å². The van der Waals surface area contributed by atoms with Crippen molar-refractivity contribution in [1.29, 1.82) is 0 Å². The van der Waals surface area contributed by atoms with E-state index in [1.165, 1.54) is 0 Å². The minimum absolute atomic E-state index is 0.0180. The Bertz CT molecular complexity index is 933. The molecule has 0 radical (unpaired) electrons. The number of aryl methyl sites for hydroxylation is 1. The van der Waals surface area contributed by atoms with E-state index in [9.17, 15) is 9.59 Å². The maximum Gasteiger partial charge on any atom is 0.254 e. The lowest BCUT2D eigenvalue weighted by Crippen LogP contribution is -2.62. The van der Waals surface area contributed by atoms with Crippen LogP contribution in [-0.4, -0.2) is 42.5 Å². The molecule has 1 heterocycles. The fourth-order valence-corrected chi connectivity index (χ4v) is 5.27. The van der Waals surface area contributed by atoms with Gasteiger partial charge >= 0.3 is 0 Å². The quantitative estimate of drug-likeness (QED) is 0.794. The first kappa shape index (κ1) is 20.6. The molecule has 4 rings (SSSR count). The number of hydrogen-bond acceptors (Lipinski definition) is 3. The van der Waals surface area contributed by atoms with Gasteiger partial charge in [0, 0.05) is 24.9 Å². The third-order valence-electron chi connectivity index (χ3n) is 6.73. The molecule has 0 bridgehead atoms. The summed E-state index contributed by atoms with van der Waals surface area (Å²) in [6.07, 6.45) is 4.85. The van der Waals surface area contributed by atoms with Crippen LogP contribution in [0.2, 0.25) is 0 Å². The monoisotopic (exact) mass is 406 g/mol. The van der Waals surface area contributed by atoms with Gasteiger partial charge in [0.15, 0.2) is 0 Å². The molecule has 0 saturated heterocycles. The largest absolute Gasteiger partial charge is 0.383 e. The minimum Gasteiger partial charge on any atom is -0.383 e. The summed E-state index contributed by atoms with van der Waals surface area (Å²) in [4.78, 5) is 29.3. The van der Waals surface area contributed by atoms with E-state index in [0.29, 0.717) is 18.7 Å². The summed E-state index contributed by atoms with van der Waals surface area (Å²) in [6, 6.07) is 15.4. The Morgan fingerprint density at radius 2 is 1.80 bits per heavy atom. The summed E-state index contributed by atoms with van der Waals surface area (Å²) >= 11 is 0. The van der Waals surface area contributed by atoms with Crippen LogP contribution in [0.5, 0.6) is 0 Å². The average Bonchev–Trinajstić information content (AvgIpc) is 2.76. The lowest BCUT2D eigenvalue weighted by molar-refractivity contribution is -0.122. The molecule has 1 saturated carbocycles. The van der Waals surface area contributed by atoms with E-state index in [4.69, 9.17) is 4.74 Å². The maximum absolute atomic E-state index is 13.8. The molecule has 1 atom stereocenters. The Kier molecular flexibility index (Phi) is 5.91. The summed E-state index contributed by atoms with van der Waals surface area (Å²) < 4.78 is 5.33. The van der Waals surface area contributed by atoms with Gasteiger partial charge in [-0.05, 0) is 43.0 Å². The Morgan fingerprint density at radius 1 is 1.10 bits per heavy atom. The topological polar surface area (TPSA) is 58.6 Å². The molecule has 2 amide bonds. The highest BCUT2D eigenvalue weighted by atomic mass is 16.5. The molecule has 1 unspecified atom stereocenters. The normalized spacial score (nSPS) is 20.1. The van der Waals surface area contributed by atoms with E-state index >= 15 is 0 Å². The van der Waals surface area contributed by atoms with Gasteiger partial charge in [-0.2, -0.15) is 0 Å². The number of benzene rings is 2. The molecule has 158 valence electrons. The molecule has 30 heavy (non-hydrogen) atoms. The SMILES string of the molecule is COCCN1C(=O)c2ccccc2C(C(=O)Nc2ccccc2C)C12CCCCC2. The number of amides is 2. The molecule has 0 aromatic heterocycles. The highest BCUT2D eigenvalue weighted by Crippen LogP contribution is 2.49. The van der Waals surface area contributed by atoms with Gasteiger partial charge in [0.1, 0.15) is 0 Å². The molecule has 1 aliphatic heterocycles. The average molecular weight is 407 g/mol. The van der Waals surface area contributed by atoms with Crippen molar-refractivity contribution in [3.63, 3.8) is 0 Å². The smallest absolute Gasteiger partial charge is 0.254 e. The molecule has 1 N–H and O–H groups in total. The van der Waals surface area contributed by atoms with Crippen LogP contribution in [0.15, 0.2) is 48.5 Å². The van der Waals surface area contributed by atoms with Gasteiger partial charge in [-0.25, -0.2) is 0 Å². The molecule has 2 aromatic carbocycles. The summed E-state index contributed by atoms with van der Waals surface area (Å²) in [6.45, 7) is 2.95. The van der Waals surface area contributed by atoms with Crippen molar-refractivity contribution < 1.29 is 14.3 Å². The third-order valence-corrected chi connectivity index (χ3v) is 6.73. The Balaban J connectivity index is 1.81. The van der Waals surface area contributed by atoms with Crippen molar-refractivity contribution >= 4 is 17.5 Å². The molecule has 5 nitrogen and oxygen atoms in total. The van der Waals surface area contributed by atoms with Crippen LogP contribution in [0.3, 0.4) is 0 Å². The number of para-hydroxylation sites is 1. The predicted molar refractivity (Wildman–Crippen MR) is 118 cm³/mol. The number of methoxy groups -OCH3 is 1. The molecule has 5 heteroatoms. The zero-order valence-corrected chi connectivity index (χ0v) is 17.8. The first-order valence-electron chi connectivity index (χ1n) is 10.8. The second kappa shape index (κ2) is 8.60. The van der Waals surface area contributed by atoms with E-state index in [1.54, 1.807) is 7.11 Å². The second-order valence-electron chi connectivity index (χ2n) is 8.44. The van der Waals surface area contributed by atoms with Crippen LogP contribution in [0.1, 0.15) is 59.5 Å². The van der Waals surface area contributed by atoms with Crippen LogP contribution in [0.25, 0.3) is 0 Å². The number of carbonyl (C=O) groups is 2. The highest BCUT2D eigenvalue weighted by molar-refractivity contribution is 6.05. The van der Waals surface area contributed by atoms with Gasteiger partial charge in [-0.15, -0.1) is 0 Å². The summed E-state index contributed by atoms with van der Waals surface area (Å²) in [5.74, 6) is -0.416. The van der Waals surface area contributed by atoms with Crippen molar-refractivity contribution in [1.82, 2.24) is 4.90 Å². The number of anilines is 1. The van der Waals surface area contributed by atoms with Crippen molar-refractivity contribution in [2.45, 2.75) is 50.5 Å². The minimum atomic E-state index is -0.505. The van der Waals surface area contributed by atoms with Gasteiger partial charge < -0.3 is 15.0 Å². The van der Waals surface area contributed by atoms with Crippen molar-refractivity contribution in [2.24, 2.45) is 0 Å². The van der Waals surface area contributed by atoms with E-state index in [0.717, 1.165) is 48.9 Å². The summed E-state index contributed by atoms with van der Waals surface area (Å²) in [5.41, 5.74) is 2.83. The van der Waals surface area contributed by atoms with E-state index < -0.39 is 11.5 Å². The zero-order chi connectivity index (χ0) is 21.1. The van der Waals surface area contributed by atoms with E-state index in [2.05, 4.69) is 5.32 Å². The third kappa shape index (κ3) is 3.52. The molecular weight excluding hydrogens is 376 g/mol. The fourth-order valence-electron chi connectivity index (χ4n) is 5.27. The fraction of sp³-hybridized carbons (Fsp3) is 0.440. The van der Waals surface area contributed by atoms with Gasteiger partial charge in [-0.1, -0.05) is 55.7 Å². The van der Waals surface area contributed by atoms with E-state index in [1.807, 2.05) is 60.4 Å². The molecule has 2 aromatic rings. The zero-order valence-electron chi connectivity index (χ0n) is 17.8. The maximum atomic E-state index is 13.8. The number of hydrogen-bond donors (Lipinski definition) is 1. The molecule has 1 spiro atoms. The predicted octanol–water partition coefficient (Wildman–Crippen LogP) is 4.52. The Hall–Kier alpha value is -2.66. The Morgan fingerprint density at radius 3 is 2.53 bits per heavy atom. The van der Waals surface area contributed by atoms with Crippen LogP contribution >= 0.6 is 0 Å². The van der Waals surface area contributed by atoms with Gasteiger partial charge in [0.05, 0.1) is 18.1 Å². The van der Waals surface area contributed by atoms with E-state index in [-0.39, 0.29) is 11.8 Å². The first-order chi connectivity index (χ1) is 14.6. The van der Waals surface area contributed by atoms with Gasteiger partial charge in [0.2, 0.25) is 5.91 Å². The van der Waals surface area contributed by atoms with Crippen LogP contribution in [-0.2, 0) is 9.53 Å². The molecule has 1 aliphatic carbocycles. The lowest BCUT2D eigenvalue weighted by atomic mass is 9.65. The number of carbonyl (C=O) groups excluding carboxylic acids is 2. The summed E-state index contributed by atoms with van der Waals surface area (Å²) in [7, 11) is 1.65. The highest BCUT2D eigenvalue weighted by Gasteiger charge is 2.54. The van der Waals surface area contributed by atoms with Gasteiger partial charge in [-0.3, -0.25) is 9.59 Å². The second-order valence-corrected chi connectivity index (χ2v) is 8.44. The van der Waals surface area contributed by atoms with Crippen LogP contribution in [0, 0.1) is 6.92 Å². The van der Waals surface area contributed by atoms with Crippen molar-refractivity contribution in [2.75, 3.05) is 25.6 Å². The number of ether oxygens (including phenoxy) is 1. The molecular formula is C25H30N2O3.